The average Bonchev–Trinajstić information content (AvgIpc) is 2.15. The number of rotatable bonds is 0. The second-order valence-electron chi connectivity index (χ2n) is 3.64. The topological polar surface area (TPSA) is 3.24 Å². The van der Waals surface area contributed by atoms with Gasteiger partial charge in [-0.3, -0.25) is 0 Å². The van der Waals surface area contributed by atoms with E-state index < -0.39 is 11.7 Å². The van der Waals surface area contributed by atoms with Gasteiger partial charge >= 0.3 is 6.18 Å². The summed E-state index contributed by atoms with van der Waals surface area (Å²) in [7, 11) is 1.83. The molecular formula is C11H10F3N. The van der Waals surface area contributed by atoms with Crippen LogP contribution in [0.15, 0.2) is 24.4 Å². The van der Waals surface area contributed by atoms with Crippen LogP contribution in [0.3, 0.4) is 0 Å². The van der Waals surface area contributed by atoms with Gasteiger partial charge in [-0.05, 0) is 35.5 Å². The minimum atomic E-state index is -4.26. The van der Waals surface area contributed by atoms with Crippen LogP contribution < -0.4 is 0 Å². The first-order valence-electron chi connectivity index (χ1n) is 4.55. The molecule has 1 aliphatic rings. The molecule has 0 atom stereocenters. The molecule has 0 saturated heterocycles. The zero-order valence-electron chi connectivity index (χ0n) is 8.17. The normalized spacial score (nSPS) is 15.3. The van der Waals surface area contributed by atoms with E-state index in [0.29, 0.717) is 6.54 Å². The SMILES string of the molecule is CN1C=Cc2ccc(C(F)(F)F)cc2C1. The van der Waals surface area contributed by atoms with Gasteiger partial charge in [-0.1, -0.05) is 6.07 Å². The van der Waals surface area contributed by atoms with E-state index in [9.17, 15) is 13.2 Å². The summed E-state index contributed by atoms with van der Waals surface area (Å²) < 4.78 is 37.3. The molecule has 1 aliphatic heterocycles. The lowest BCUT2D eigenvalue weighted by Crippen LogP contribution is -2.15. The molecule has 0 bridgehead atoms. The molecule has 0 fully saturated rings. The summed E-state index contributed by atoms with van der Waals surface area (Å²) in [5.74, 6) is 0. The molecule has 0 aliphatic carbocycles. The molecule has 1 nitrogen and oxygen atoms in total. The van der Waals surface area contributed by atoms with Crippen molar-refractivity contribution in [2.45, 2.75) is 12.7 Å². The third-order valence-electron chi connectivity index (χ3n) is 2.40. The van der Waals surface area contributed by atoms with Gasteiger partial charge in [0, 0.05) is 13.6 Å². The minimum absolute atomic E-state index is 0.524. The maximum atomic E-state index is 12.4. The Balaban J connectivity index is 2.43. The largest absolute Gasteiger partial charge is 0.416 e. The van der Waals surface area contributed by atoms with Crippen LogP contribution >= 0.6 is 0 Å². The van der Waals surface area contributed by atoms with Gasteiger partial charge in [-0.15, -0.1) is 0 Å². The van der Waals surface area contributed by atoms with Crippen LogP contribution in [0, 0.1) is 0 Å². The predicted molar refractivity (Wildman–Crippen MR) is 51.9 cm³/mol. The van der Waals surface area contributed by atoms with E-state index in [1.807, 2.05) is 24.2 Å². The lowest BCUT2D eigenvalue weighted by molar-refractivity contribution is -0.137. The predicted octanol–water partition coefficient (Wildman–Crippen LogP) is 3.12. The molecule has 1 aromatic rings. The van der Waals surface area contributed by atoms with Crippen LogP contribution in [0.4, 0.5) is 13.2 Å². The molecule has 80 valence electrons. The van der Waals surface area contributed by atoms with E-state index >= 15 is 0 Å². The fourth-order valence-electron chi connectivity index (χ4n) is 1.61. The fraction of sp³-hybridized carbons (Fsp3) is 0.273. The Kier molecular flexibility index (Phi) is 2.21. The zero-order valence-corrected chi connectivity index (χ0v) is 8.17. The molecule has 1 aromatic carbocycles. The Bertz CT molecular complexity index is 407. The molecule has 0 saturated carbocycles. The molecule has 2 rings (SSSR count). The second kappa shape index (κ2) is 3.29. The van der Waals surface area contributed by atoms with Crippen molar-refractivity contribution >= 4 is 6.08 Å². The first-order valence-corrected chi connectivity index (χ1v) is 4.55. The van der Waals surface area contributed by atoms with Gasteiger partial charge in [-0.2, -0.15) is 13.2 Å². The summed E-state index contributed by atoms with van der Waals surface area (Å²) in [6.07, 6.45) is -0.580. The molecule has 1 heterocycles. The highest BCUT2D eigenvalue weighted by molar-refractivity contribution is 5.56. The van der Waals surface area contributed by atoms with Crippen LogP contribution in [0.5, 0.6) is 0 Å². The molecule has 0 N–H and O–H groups in total. The van der Waals surface area contributed by atoms with Crippen molar-refractivity contribution in [1.82, 2.24) is 4.90 Å². The number of fused-ring (bicyclic) bond motifs is 1. The van der Waals surface area contributed by atoms with Crippen molar-refractivity contribution in [3.05, 3.63) is 41.1 Å². The monoisotopic (exact) mass is 213 g/mol. The third kappa shape index (κ3) is 1.98. The minimum Gasteiger partial charge on any atom is -0.376 e. The lowest BCUT2D eigenvalue weighted by atomic mass is 10.0. The van der Waals surface area contributed by atoms with Crippen LogP contribution in [0.1, 0.15) is 16.7 Å². The molecule has 0 amide bonds. The molecule has 0 unspecified atom stereocenters. The number of halogens is 3. The van der Waals surface area contributed by atoms with Crippen LogP contribution in [-0.2, 0) is 12.7 Å². The number of alkyl halides is 3. The van der Waals surface area contributed by atoms with Crippen molar-refractivity contribution in [3.63, 3.8) is 0 Å². The van der Waals surface area contributed by atoms with E-state index in [1.165, 1.54) is 12.1 Å². The van der Waals surface area contributed by atoms with Gasteiger partial charge in [0.2, 0.25) is 0 Å². The van der Waals surface area contributed by atoms with E-state index in [0.717, 1.165) is 17.2 Å². The highest BCUT2D eigenvalue weighted by atomic mass is 19.4. The van der Waals surface area contributed by atoms with Crippen molar-refractivity contribution in [1.29, 1.82) is 0 Å². The first kappa shape index (κ1) is 10.1. The van der Waals surface area contributed by atoms with E-state index in [2.05, 4.69) is 0 Å². The zero-order chi connectivity index (χ0) is 11.1. The summed E-state index contributed by atoms with van der Waals surface area (Å²) in [5.41, 5.74) is 1.00. The maximum Gasteiger partial charge on any atom is 0.416 e. The summed E-state index contributed by atoms with van der Waals surface area (Å²) >= 11 is 0. The van der Waals surface area contributed by atoms with Gasteiger partial charge in [0.1, 0.15) is 0 Å². The average molecular weight is 213 g/mol. The molecular weight excluding hydrogens is 203 g/mol. The lowest BCUT2D eigenvalue weighted by Gasteiger charge is -2.21. The summed E-state index contributed by atoms with van der Waals surface area (Å²) in [5, 5.41) is 0. The van der Waals surface area contributed by atoms with Crippen molar-refractivity contribution in [2.24, 2.45) is 0 Å². The molecule has 0 aromatic heterocycles. The summed E-state index contributed by atoms with van der Waals surface area (Å²) in [4.78, 5) is 1.85. The number of hydrogen-bond acceptors (Lipinski definition) is 1. The van der Waals surface area contributed by atoms with Crippen LogP contribution in [-0.4, -0.2) is 11.9 Å². The van der Waals surface area contributed by atoms with Crippen molar-refractivity contribution in [2.75, 3.05) is 7.05 Å². The second-order valence-corrected chi connectivity index (χ2v) is 3.64. The van der Waals surface area contributed by atoms with Gasteiger partial charge in [0.15, 0.2) is 0 Å². The Hall–Kier alpha value is -1.45. The Labute approximate surface area is 85.8 Å². The van der Waals surface area contributed by atoms with Gasteiger partial charge in [-0.25, -0.2) is 0 Å². The Morgan fingerprint density at radius 2 is 2.00 bits per heavy atom. The number of hydrogen-bond donors (Lipinski definition) is 0. The van der Waals surface area contributed by atoms with Gasteiger partial charge < -0.3 is 4.90 Å². The number of nitrogens with zero attached hydrogens (tertiary/aromatic N) is 1. The van der Waals surface area contributed by atoms with Gasteiger partial charge in [0.05, 0.1) is 5.56 Å². The van der Waals surface area contributed by atoms with Crippen LogP contribution in [0.2, 0.25) is 0 Å². The molecule has 0 spiro atoms. The highest BCUT2D eigenvalue weighted by Gasteiger charge is 2.31. The fourth-order valence-corrected chi connectivity index (χ4v) is 1.61. The van der Waals surface area contributed by atoms with Crippen molar-refractivity contribution < 1.29 is 13.2 Å². The van der Waals surface area contributed by atoms with E-state index in [4.69, 9.17) is 0 Å². The number of benzene rings is 1. The smallest absolute Gasteiger partial charge is 0.376 e. The maximum absolute atomic E-state index is 12.4. The first-order chi connectivity index (χ1) is 6.97. The van der Waals surface area contributed by atoms with Gasteiger partial charge in [0.25, 0.3) is 0 Å². The molecule has 15 heavy (non-hydrogen) atoms. The Morgan fingerprint density at radius 1 is 1.27 bits per heavy atom. The van der Waals surface area contributed by atoms with E-state index in [1.54, 1.807) is 0 Å². The molecule has 0 radical (unpaired) electrons. The molecule has 4 heteroatoms. The standard InChI is InChI=1S/C11H10F3N/c1-15-5-4-8-2-3-10(11(12,13)14)6-9(8)7-15/h2-6H,7H2,1H3. The third-order valence-corrected chi connectivity index (χ3v) is 2.40. The summed E-state index contributed by atoms with van der Waals surface area (Å²) in [6, 6.07) is 3.85. The van der Waals surface area contributed by atoms with Crippen LogP contribution in [0.25, 0.3) is 6.08 Å². The van der Waals surface area contributed by atoms with E-state index in [-0.39, 0.29) is 0 Å². The highest BCUT2D eigenvalue weighted by Crippen LogP contribution is 2.31. The van der Waals surface area contributed by atoms with Crippen molar-refractivity contribution in [3.8, 4) is 0 Å². The Morgan fingerprint density at radius 3 is 2.67 bits per heavy atom. The summed E-state index contributed by atoms with van der Waals surface area (Å²) in [6.45, 7) is 0.524. The quantitative estimate of drug-likeness (QED) is 0.640.